The Morgan fingerprint density at radius 1 is 1.21 bits per heavy atom. The number of nitrogens with one attached hydrogen (secondary N) is 1. The van der Waals surface area contributed by atoms with Crippen LogP contribution < -0.4 is 11.1 Å². The quantitative estimate of drug-likeness (QED) is 0.662. The first-order chi connectivity index (χ1) is 11.6. The van der Waals surface area contributed by atoms with Gasteiger partial charge in [0.05, 0.1) is 15.4 Å². The van der Waals surface area contributed by atoms with Crippen LogP contribution in [0.2, 0.25) is 0 Å². The number of benzene rings is 1. The summed E-state index contributed by atoms with van der Waals surface area (Å²) in [6.45, 7) is 0.449. The molecule has 122 valence electrons. The van der Waals surface area contributed by atoms with Crippen molar-refractivity contribution in [2.24, 2.45) is 0 Å². The van der Waals surface area contributed by atoms with Gasteiger partial charge in [0.25, 0.3) is 5.91 Å². The second-order valence-corrected chi connectivity index (χ2v) is 6.18. The van der Waals surface area contributed by atoms with Gasteiger partial charge in [-0.1, -0.05) is 18.2 Å². The number of aromatic hydroxyl groups is 1. The number of hydrogen-bond acceptors (Lipinski definition) is 6. The molecule has 1 amide bonds. The highest BCUT2D eigenvalue weighted by molar-refractivity contribution is 7.17. The normalized spacial score (nSPS) is 10.5. The molecule has 0 saturated heterocycles. The number of para-hydroxylation sites is 1. The van der Waals surface area contributed by atoms with Crippen molar-refractivity contribution >= 4 is 23.2 Å². The molecule has 0 unspecified atom stereocenters. The minimum Gasteiger partial charge on any atom is -0.508 e. The zero-order chi connectivity index (χ0) is 16.9. The largest absolute Gasteiger partial charge is 0.508 e. The average Bonchev–Trinajstić information content (AvgIpc) is 3.07. The lowest BCUT2D eigenvalue weighted by Gasteiger charge is -2.05. The van der Waals surface area contributed by atoms with Gasteiger partial charge in [0.15, 0.2) is 0 Å². The molecular formula is C17H16N4O2S. The predicted octanol–water partition coefficient (Wildman–Crippen LogP) is 2.47. The maximum Gasteiger partial charge on any atom is 0.261 e. The topological polar surface area (TPSA) is 101 Å². The van der Waals surface area contributed by atoms with E-state index < -0.39 is 0 Å². The van der Waals surface area contributed by atoms with Crippen LogP contribution in [-0.4, -0.2) is 27.5 Å². The van der Waals surface area contributed by atoms with Crippen molar-refractivity contribution in [1.82, 2.24) is 15.3 Å². The van der Waals surface area contributed by atoms with E-state index >= 15 is 0 Å². The Bertz CT molecular complexity index is 863. The Morgan fingerprint density at radius 2 is 2.04 bits per heavy atom. The molecule has 6 nitrogen and oxygen atoms in total. The second kappa shape index (κ2) is 7.10. The Kier molecular flexibility index (Phi) is 4.72. The maximum atomic E-state index is 12.2. The number of phenols is 1. The summed E-state index contributed by atoms with van der Waals surface area (Å²) in [5.74, 6) is 0.296. The van der Waals surface area contributed by atoms with E-state index in [4.69, 9.17) is 5.73 Å². The molecular weight excluding hydrogens is 324 g/mol. The third kappa shape index (κ3) is 3.69. The first kappa shape index (κ1) is 15.9. The standard InChI is InChI=1S/C17H16N4O2S/c18-17-20-10-8-12(21-17)14-5-6-15(24-14)16(23)19-9-7-11-3-1-2-4-13(11)22/h1-6,8,10,22H,7,9H2,(H,19,23)(H2,18,20,21). The number of nitrogens with zero attached hydrogens (tertiary/aromatic N) is 2. The van der Waals surface area contributed by atoms with Gasteiger partial charge >= 0.3 is 0 Å². The molecule has 4 N–H and O–H groups in total. The Balaban J connectivity index is 1.61. The monoisotopic (exact) mass is 340 g/mol. The van der Waals surface area contributed by atoms with Gasteiger partial charge in [0, 0.05) is 12.7 Å². The van der Waals surface area contributed by atoms with E-state index in [0.717, 1.165) is 10.4 Å². The van der Waals surface area contributed by atoms with Gasteiger partial charge < -0.3 is 16.2 Å². The van der Waals surface area contributed by atoms with Crippen molar-refractivity contribution in [2.75, 3.05) is 12.3 Å². The number of phenolic OH excluding ortho intramolecular Hbond substituents is 1. The number of anilines is 1. The average molecular weight is 340 g/mol. The molecule has 1 aromatic carbocycles. The molecule has 0 fully saturated rings. The number of thiophene rings is 1. The molecule has 24 heavy (non-hydrogen) atoms. The highest BCUT2D eigenvalue weighted by atomic mass is 32.1. The highest BCUT2D eigenvalue weighted by Gasteiger charge is 2.11. The molecule has 0 bridgehead atoms. The molecule has 0 aliphatic carbocycles. The minimum absolute atomic E-state index is 0.149. The zero-order valence-electron chi connectivity index (χ0n) is 12.8. The van der Waals surface area contributed by atoms with Crippen LogP contribution in [0.4, 0.5) is 5.95 Å². The molecule has 0 aliphatic heterocycles. The summed E-state index contributed by atoms with van der Waals surface area (Å²) in [5, 5.41) is 12.6. The van der Waals surface area contributed by atoms with E-state index in [2.05, 4.69) is 15.3 Å². The van der Waals surface area contributed by atoms with E-state index in [1.807, 2.05) is 18.2 Å². The van der Waals surface area contributed by atoms with Crippen molar-refractivity contribution in [3.63, 3.8) is 0 Å². The number of rotatable bonds is 5. The van der Waals surface area contributed by atoms with Crippen LogP contribution in [0.15, 0.2) is 48.7 Å². The Labute approximate surface area is 143 Å². The molecule has 2 aromatic heterocycles. The number of hydrogen-bond donors (Lipinski definition) is 3. The highest BCUT2D eigenvalue weighted by Crippen LogP contribution is 2.26. The number of nitrogens with two attached hydrogens (primary N) is 1. The van der Waals surface area contributed by atoms with Crippen molar-refractivity contribution in [3.8, 4) is 16.3 Å². The van der Waals surface area contributed by atoms with Gasteiger partial charge in [-0.25, -0.2) is 9.97 Å². The summed E-state index contributed by atoms with van der Waals surface area (Å²) in [6.07, 6.45) is 2.16. The van der Waals surface area contributed by atoms with Gasteiger partial charge in [-0.15, -0.1) is 11.3 Å². The van der Waals surface area contributed by atoms with Crippen LogP contribution in [0.3, 0.4) is 0 Å². The van der Waals surface area contributed by atoms with Crippen LogP contribution in [0.25, 0.3) is 10.6 Å². The minimum atomic E-state index is -0.149. The fraction of sp³-hybridized carbons (Fsp3) is 0.118. The van der Waals surface area contributed by atoms with Crippen LogP contribution in [0.5, 0.6) is 5.75 Å². The fourth-order valence-electron chi connectivity index (χ4n) is 2.23. The number of aromatic nitrogens is 2. The summed E-state index contributed by atoms with van der Waals surface area (Å²) >= 11 is 1.34. The van der Waals surface area contributed by atoms with Gasteiger partial charge in [-0.2, -0.15) is 0 Å². The molecule has 7 heteroatoms. The molecule has 0 aliphatic rings. The Hall–Kier alpha value is -2.93. The maximum absolute atomic E-state index is 12.2. The number of nitrogen functional groups attached to an aromatic ring is 1. The van der Waals surface area contributed by atoms with Crippen LogP contribution in [0, 0.1) is 0 Å². The van der Waals surface area contributed by atoms with Gasteiger partial charge in [0.2, 0.25) is 5.95 Å². The predicted molar refractivity (Wildman–Crippen MR) is 93.9 cm³/mol. The van der Waals surface area contributed by atoms with Crippen LogP contribution >= 0.6 is 11.3 Å². The van der Waals surface area contributed by atoms with E-state index in [0.29, 0.717) is 23.5 Å². The molecule has 0 radical (unpaired) electrons. The fourth-order valence-corrected chi connectivity index (χ4v) is 3.12. The first-order valence-electron chi connectivity index (χ1n) is 7.37. The lowest BCUT2D eigenvalue weighted by Crippen LogP contribution is -2.24. The van der Waals surface area contributed by atoms with E-state index in [1.165, 1.54) is 11.3 Å². The molecule has 0 spiro atoms. The lowest BCUT2D eigenvalue weighted by atomic mass is 10.1. The molecule has 0 atom stereocenters. The van der Waals surface area contributed by atoms with Crippen LogP contribution in [-0.2, 0) is 6.42 Å². The summed E-state index contributed by atoms with van der Waals surface area (Å²) in [5.41, 5.74) is 7.08. The van der Waals surface area contributed by atoms with E-state index in [-0.39, 0.29) is 17.6 Å². The SMILES string of the molecule is Nc1nccc(-c2ccc(C(=O)NCCc3ccccc3O)s2)n1. The number of amides is 1. The third-order valence-corrected chi connectivity index (χ3v) is 4.53. The van der Waals surface area contributed by atoms with Crippen LogP contribution in [0.1, 0.15) is 15.2 Å². The van der Waals surface area contributed by atoms with Crippen molar-refractivity contribution in [3.05, 3.63) is 59.1 Å². The second-order valence-electron chi connectivity index (χ2n) is 5.10. The van der Waals surface area contributed by atoms with Crippen molar-refractivity contribution in [1.29, 1.82) is 0 Å². The number of carbonyl (C=O) groups is 1. The van der Waals surface area contributed by atoms with Crippen molar-refractivity contribution < 1.29 is 9.90 Å². The number of carbonyl (C=O) groups excluding carboxylic acids is 1. The molecule has 0 saturated carbocycles. The molecule has 3 aromatic rings. The Morgan fingerprint density at radius 3 is 2.83 bits per heavy atom. The zero-order valence-corrected chi connectivity index (χ0v) is 13.6. The molecule has 2 heterocycles. The first-order valence-corrected chi connectivity index (χ1v) is 8.19. The molecule has 3 rings (SSSR count). The van der Waals surface area contributed by atoms with Gasteiger partial charge in [-0.3, -0.25) is 4.79 Å². The summed E-state index contributed by atoms with van der Waals surface area (Å²) in [6, 6.07) is 12.4. The van der Waals surface area contributed by atoms with Gasteiger partial charge in [0.1, 0.15) is 5.75 Å². The summed E-state index contributed by atoms with van der Waals surface area (Å²) in [4.78, 5) is 21.7. The smallest absolute Gasteiger partial charge is 0.261 e. The summed E-state index contributed by atoms with van der Waals surface area (Å²) in [7, 11) is 0. The van der Waals surface area contributed by atoms with Gasteiger partial charge in [-0.05, 0) is 36.2 Å². The van der Waals surface area contributed by atoms with E-state index in [1.54, 1.807) is 30.5 Å². The lowest BCUT2D eigenvalue weighted by molar-refractivity contribution is 0.0958. The van der Waals surface area contributed by atoms with Crippen molar-refractivity contribution in [2.45, 2.75) is 6.42 Å². The van der Waals surface area contributed by atoms with E-state index in [9.17, 15) is 9.90 Å². The summed E-state index contributed by atoms with van der Waals surface area (Å²) < 4.78 is 0. The third-order valence-electron chi connectivity index (χ3n) is 3.43.